The van der Waals surface area contributed by atoms with Gasteiger partial charge in [0.2, 0.25) is 0 Å². The van der Waals surface area contributed by atoms with E-state index in [9.17, 15) is 9.90 Å². The molecule has 0 aliphatic carbocycles. The first-order valence-electron chi connectivity index (χ1n) is 7.60. The molecule has 1 aliphatic heterocycles. The number of para-hydroxylation sites is 1. The third-order valence-corrected chi connectivity index (χ3v) is 6.10. The molecule has 0 saturated carbocycles. The highest BCUT2D eigenvalue weighted by Crippen LogP contribution is 2.38. The van der Waals surface area contributed by atoms with E-state index in [2.05, 4.69) is 22.4 Å². The topological polar surface area (TPSA) is 53.4 Å². The second-order valence-corrected chi connectivity index (χ2v) is 7.56. The van der Waals surface area contributed by atoms with Crippen molar-refractivity contribution in [3.63, 3.8) is 0 Å². The quantitative estimate of drug-likeness (QED) is 0.777. The largest absolute Gasteiger partial charge is 0.480 e. The van der Waals surface area contributed by atoms with Crippen LogP contribution in [-0.2, 0) is 4.79 Å². The van der Waals surface area contributed by atoms with E-state index < -0.39 is 12.0 Å². The zero-order valence-corrected chi connectivity index (χ0v) is 14.0. The molecule has 0 spiro atoms. The smallest absolute Gasteiger partial charge is 0.320 e. The molecule has 0 bridgehead atoms. The van der Waals surface area contributed by atoms with Crippen LogP contribution in [0.3, 0.4) is 0 Å². The minimum Gasteiger partial charge on any atom is -0.480 e. The minimum atomic E-state index is -0.733. The second-order valence-electron chi connectivity index (χ2n) is 5.71. The molecule has 2 aromatic heterocycles. The number of carboxylic acid groups (broad SMARTS) is 1. The highest BCUT2D eigenvalue weighted by molar-refractivity contribution is 7.18. The molecule has 3 aromatic rings. The van der Waals surface area contributed by atoms with Gasteiger partial charge in [-0.15, -0.1) is 11.3 Å². The van der Waals surface area contributed by atoms with Crippen molar-refractivity contribution in [2.24, 2.45) is 0 Å². The standard InChI is InChI=1S/C17H16N2O2S2/c20-17(21)13-5-3-8-19(13)15(11-7-9-22-10-11)16-18-12-4-1-2-6-14(12)23-16/h1-2,4,6-7,9-10,13,15H,3,5,8H2,(H,20,21). The molecule has 0 radical (unpaired) electrons. The van der Waals surface area contributed by atoms with E-state index in [-0.39, 0.29) is 6.04 Å². The molecule has 2 atom stereocenters. The first-order chi connectivity index (χ1) is 11.2. The van der Waals surface area contributed by atoms with Gasteiger partial charge in [-0.1, -0.05) is 12.1 Å². The maximum absolute atomic E-state index is 11.6. The Hall–Kier alpha value is -1.76. The second kappa shape index (κ2) is 6.03. The van der Waals surface area contributed by atoms with Gasteiger partial charge in [-0.2, -0.15) is 11.3 Å². The summed E-state index contributed by atoms with van der Waals surface area (Å²) in [7, 11) is 0. The van der Waals surface area contributed by atoms with Gasteiger partial charge >= 0.3 is 5.97 Å². The number of likely N-dealkylation sites (tertiary alicyclic amines) is 1. The van der Waals surface area contributed by atoms with Crippen LogP contribution in [0.5, 0.6) is 0 Å². The molecule has 1 fully saturated rings. The third-order valence-electron chi connectivity index (χ3n) is 4.31. The molecule has 1 aromatic carbocycles. The van der Waals surface area contributed by atoms with Crippen LogP contribution in [0, 0.1) is 0 Å². The summed E-state index contributed by atoms with van der Waals surface area (Å²) in [4.78, 5) is 18.5. The Kier molecular flexibility index (Phi) is 3.88. The highest BCUT2D eigenvalue weighted by Gasteiger charge is 2.38. The molecule has 1 N–H and O–H groups in total. The van der Waals surface area contributed by atoms with E-state index in [1.807, 2.05) is 23.6 Å². The van der Waals surface area contributed by atoms with E-state index >= 15 is 0 Å². The lowest BCUT2D eigenvalue weighted by atomic mass is 10.1. The summed E-state index contributed by atoms with van der Waals surface area (Å²) in [5.74, 6) is -0.733. The fourth-order valence-electron chi connectivity index (χ4n) is 3.28. The number of carbonyl (C=O) groups is 1. The Morgan fingerprint density at radius 1 is 1.35 bits per heavy atom. The Balaban J connectivity index is 1.81. The fourth-order valence-corrected chi connectivity index (χ4v) is 5.07. The van der Waals surface area contributed by atoms with E-state index in [0.717, 1.165) is 33.8 Å². The van der Waals surface area contributed by atoms with Gasteiger partial charge in [0, 0.05) is 6.54 Å². The van der Waals surface area contributed by atoms with E-state index in [1.54, 1.807) is 22.7 Å². The molecular formula is C17H16N2O2S2. The predicted molar refractivity (Wildman–Crippen MR) is 93.1 cm³/mol. The average molecular weight is 344 g/mol. The van der Waals surface area contributed by atoms with Crippen LogP contribution in [0.25, 0.3) is 10.2 Å². The summed E-state index contributed by atoms with van der Waals surface area (Å²) in [5.41, 5.74) is 2.13. The first-order valence-corrected chi connectivity index (χ1v) is 9.36. The first kappa shape index (κ1) is 14.8. The van der Waals surface area contributed by atoms with Crippen molar-refractivity contribution >= 4 is 38.9 Å². The number of nitrogens with zero attached hydrogens (tertiary/aromatic N) is 2. The molecule has 1 saturated heterocycles. The number of thiophene rings is 1. The Morgan fingerprint density at radius 3 is 2.96 bits per heavy atom. The maximum Gasteiger partial charge on any atom is 0.320 e. The molecule has 2 unspecified atom stereocenters. The van der Waals surface area contributed by atoms with Gasteiger partial charge in [-0.05, 0) is 47.4 Å². The van der Waals surface area contributed by atoms with E-state index in [0.29, 0.717) is 6.42 Å². The molecule has 3 heterocycles. The van der Waals surface area contributed by atoms with Crippen LogP contribution in [0.1, 0.15) is 29.5 Å². The normalized spacial score (nSPS) is 20.1. The van der Waals surface area contributed by atoms with Gasteiger partial charge in [0.1, 0.15) is 11.0 Å². The molecule has 4 nitrogen and oxygen atoms in total. The maximum atomic E-state index is 11.6. The lowest BCUT2D eigenvalue weighted by molar-refractivity contribution is -0.142. The van der Waals surface area contributed by atoms with Crippen molar-refractivity contribution in [3.05, 3.63) is 51.7 Å². The monoisotopic (exact) mass is 344 g/mol. The van der Waals surface area contributed by atoms with Crippen molar-refractivity contribution in [1.82, 2.24) is 9.88 Å². The molecule has 118 valence electrons. The van der Waals surface area contributed by atoms with Crippen LogP contribution in [0.15, 0.2) is 41.1 Å². The van der Waals surface area contributed by atoms with Crippen LogP contribution < -0.4 is 0 Å². The van der Waals surface area contributed by atoms with Crippen LogP contribution >= 0.6 is 22.7 Å². The Morgan fingerprint density at radius 2 is 2.22 bits per heavy atom. The summed E-state index contributed by atoms with van der Waals surface area (Å²) < 4.78 is 1.15. The van der Waals surface area contributed by atoms with Crippen LogP contribution in [-0.4, -0.2) is 33.5 Å². The molecule has 4 rings (SSSR count). The van der Waals surface area contributed by atoms with Gasteiger partial charge in [0.25, 0.3) is 0 Å². The molecule has 6 heteroatoms. The van der Waals surface area contributed by atoms with Gasteiger partial charge < -0.3 is 5.11 Å². The Labute approximate surface area is 142 Å². The van der Waals surface area contributed by atoms with Gasteiger partial charge in [-0.25, -0.2) is 4.98 Å². The number of aliphatic carboxylic acids is 1. The highest BCUT2D eigenvalue weighted by atomic mass is 32.1. The zero-order chi connectivity index (χ0) is 15.8. The number of thiazole rings is 1. The van der Waals surface area contributed by atoms with E-state index in [1.165, 1.54) is 0 Å². The van der Waals surface area contributed by atoms with Crippen LogP contribution in [0.4, 0.5) is 0 Å². The number of aromatic nitrogens is 1. The molecular weight excluding hydrogens is 328 g/mol. The van der Waals surface area contributed by atoms with Crippen molar-refractivity contribution in [3.8, 4) is 0 Å². The summed E-state index contributed by atoms with van der Waals surface area (Å²) in [6, 6.07) is 9.67. The van der Waals surface area contributed by atoms with E-state index in [4.69, 9.17) is 4.98 Å². The number of carboxylic acids is 1. The SMILES string of the molecule is O=C(O)C1CCCN1C(c1ccsc1)c1nc2ccccc2s1. The predicted octanol–water partition coefficient (Wildman–Crippen LogP) is 4.00. The summed E-state index contributed by atoms with van der Waals surface area (Å²) in [6.45, 7) is 0.799. The van der Waals surface area contributed by atoms with Gasteiger partial charge in [0.05, 0.1) is 16.3 Å². The van der Waals surface area contributed by atoms with Gasteiger partial charge in [0.15, 0.2) is 0 Å². The molecule has 1 aliphatic rings. The summed E-state index contributed by atoms with van der Waals surface area (Å²) >= 11 is 3.30. The average Bonchev–Trinajstić information content (AvgIpc) is 3.28. The number of hydrogen-bond donors (Lipinski definition) is 1. The zero-order valence-electron chi connectivity index (χ0n) is 12.4. The van der Waals surface area contributed by atoms with Crippen molar-refractivity contribution < 1.29 is 9.90 Å². The Bertz CT molecular complexity index is 795. The molecule has 23 heavy (non-hydrogen) atoms. The minimum absolute atomic E-state index is 0.0674. The fraction of sp³-hybridized carbons (Fsp3) is 0.294. The summed E-state index contributed by atoms with van der Waals surface area (Å²) in [5, 5.41) is 14.7. The van der Waals surface area contributed by atoms with Crippen LogP contribution in [0.2, 0.25) is 0 Å². The van der Waals surface area contributed by atoms with Gasteiger partial charge in [-0.3, -0.25) is 9.69 Å². The number of hydrogen-bond acceptors (Lipinski definition) is 5. The van der Waals surface area contributed by atoms with Crippen molar-refractivity contribution in [2.75, 3.05) is 6.54 Å². The number of fused-ring (bicyclic) bond motifs is 1. The summed E-state index contributed by atoms with van der Waals surface area (Å²) in [6.07, 6.45) is 1.63. The third kappa shape index (κ3) is 2.67. The lowest BCUT2D eigenvalue weighted by Gasteiger charge is -2.29. The van der Waals surface area contributed by atoms with Crippen molar-refractivity contribution in [1.29, 1.82) is 0 Å². The number of benzene rings is 1. The van der Waals surface area contributed by atoms with Crippen molar-refractivity contribution in [2.45, 2.75) is 24.9 Å². The lowest BCUT2D eigenvalue weighted by Crippen LogP contribution is -2.39. The number of rotatable bonds is 4. The molecule has 0 amide bonds.